The van der Waals surface area contributed by atoms with Crippen molar-refractivity contribution in [2.75, 3.05) is 0 Å². The van der Waals surface area contributed by atoms with E-state index in [4.69, 9.17) is 4.42 Å². The van der Waals surface area contributed by atoms with E-state index >= 15 is 0 Å². The van der Waals surface area contributed by atoms with Crippen LogP contribution in [0.25, 0.3) is 43.5 Å². The smallest absolute Gasteiger partial charge is 0.294 e. The molecule has 0 bridgehead atoms. The minimum absolute atomic E-state index is 0.208. The van der Waals surface area contributed by atoms with Crippen molar-refractivity contribution in [2.45, 2.75) is 9.79 Å². The Bertz CT molecular complexity index is 1570. The highest BCUT2D eigenvalue weighted by atomic mass is 32.2. The normalized spacial score (nSPS) is 13.0. The van der Waals surface area contributed by atoms with Crippen molar-refractivity contribution >= 4 is 63.7 Å². The van der Waals surface area contributed by atoms with Gasteiger partial charge < -0.3 is 4.42 Å². The zero-order chi connectivity index (χ0) is 20.6. The van der Waals surface area contributed by atoms with Gasteiger partial charge in [-0.15, -0.1) is 0 Å². The molecule has 2 N–H and O–H groups in total. The van der Waals surface area contributed by atoms with Crippen molar-refractivity contribution in [2.24, 2.45) is 0 Å². The fourth-order valence-corrected chi connectivity index (χ4v) is 4.57. The first-order valence-electron chi connectivity index (χ1n) is 8.38. The second kappa shape index (κ2) is 5.77. The molecule has 0 atom stereocenters. The highest BCUT2D eigenvalue weighted by molar-refractivity contribution is 7.86. The Morgan fingerprint density at radius 1 is 0.552 bits per heavy atom. The van der Waals surface area contributed by atoms with Crippen LogP contribution in [0.4, 0.5) is 0 Å². The molecule has 7 nitrogen and oxygen atoms in total. The van der Waals surface area contributed by atoms with E-state index < -0.39 is 20.2 Å². The number of hydrogen-bond acceptors (Lipinski definition) is 5. The molecule has 0 saturated carbocycles. The molecule has 0 fully saturated rings. The number of benzene rings is 4. The second-order valence-corrected chi connectivity index (χ2v) is 9.61. The minimum Gasteiger partial charge on any atom is -0.456 e. The lowest BCUT2D eigenvalue weighted by molar-refractivity contribution is 0.481. The van der Waals surface area contributed by atoms with Gasteiger partial charge in [0.2, 0.25) is 0 Å². The fourth-order valence-electron chi connectivity index (χ4n) is 3.54. The van der Waals surface area contributed by atoms with E-state index in [9.17, 15) is 25.9 Å². The standard InChI is InChI=1S/C20H12O7S2/c21-28(22,23)15-3-1-11-9-19-17(7-13(11)5-15)18-8-14-6-16(29(24,25)26)4-2-12(14)10-20(18)27-19/h1-10H,(H,21,22,23)(H,24,25,26). The summed E-state index contributed by atoms with van der Waals surface area (Å²) in [6.07, 6.45) is 0. The molecular formula is C20H12O7S2. The van der Waals surface area contributed by atoms with Crippen LogP contribution >= 0.6 is 0 Å². The Hall–Kier alpha value is -2.98. The molecular weight excluding hydrogens is 416 g/mol. The Balaban J connectivity index is 1.84. The third kappa shape index (κ3) is 2.95. The van der Waals surface area contributed by atoms with E-state index in [1.807, 2.05) is 0 Å². The van der Waals surface area contributed by atoms with Gasteiger partial charge in [0.05, 0.1) is 9.79 Å². The minimum atomic E-state index is -4.33. The second-order valence-electron chi connectivity index (χ2n) is 6.77. The molecule has 5 aromatic rings. The van der Waals surface area contributed by atoms with Gasteiger partial charge in [-0.05, 0) is 70.1 Å². The average molecular weight is 428 g/mol. The maximum Gasteiger partial charge on any atom is 0.294 e. The topological polar surface area (TPSA) is 122 Å². The van der Waals surface area contributed by atoms with Crippen LogP contribution in [0.1, 0.15) is 0 Å². The van der Waals surface area contributed by atoms with Gasteiger partial charge in [-0.2, -0.15) is 16.8 Å². The summed E-state index contributed by atoms with van der Waals surface area (Å²) in [4.78, 5) is -0.416. The molecule has 146 valence electrons. The van der Waals surface area contributed by atoms with E-state index in [0.29, 0.717) is 32.7 Å². The van der Waals surface area contributed by atoms with E-state index in [-0.39, 0.29) is 9.79 Å². The molecule has 1 aromatic heterocycles. The zero-order valence-corrected chi connectivity index (χ0v) is 16.2. The summed E-state index contributed by atoms with van der Waals surface area (Å²) in [6.45, 7) is 0. The summed E-state index contributed by atoms with van der Waals surface area (Å²) in [5, 5.41) is 4.09. The molecule has 29 heavy (non-hydrogen) atoms. The molecule has 5 rings (SSSR count). The van der Waals surface area contributed by atoms with Crippen LogP contribution in [-0.2, 0) is 20.2 Å². The Labute approximate surface area is 164 Å². The lowest BCUT2D eigenvalue weighted by Crippen LogP contribution is -1.97. The lowest BCUT2D eigenvalue weighted by Gasteiger charge is -2.02. The van der Waals surface area contributed by atoms with E-state index in [0.717, 1.165) is 10.8 Å². The van der Waals surface area contributed by atoms with Crippen molar-refractivity contribution in [3.05, 3.63) is 60.7 Å². The lowest BCUT2D eigenvalue weighted by atomic mass is 10.0. The molecule has 9 heteroatoms. The van der Waals surface area contributed by atoms with E-state index in [2.05, 4.69) is 0 Å². The van der Waals surface area contributed by atoms with Crippen LogP contribution in [0.5, 0.6) is 0 Å². The van der Waals surface area contributed by atoms with Gasteiger partial charge in [0.25, 0.3) is 20.2 Å². The summed E-state index contributed by atoms with van der Waals surface area (Å²) in [7, 11) is -8.66. The summed E-state index contributed by atoms with van der Waals surface area (Å²) in [5.41, 5.74) is 1.16. The van der Waals surface area contributed by atoms with Crippen LogP contribution < -0.4 is 0 Å². The van der Waals surface area contributed by atoms with Crippen molar-refractivity contribution in [3.63, 3.8) is 0 Å². The summed E-state index contributed by atoms with van der Waals surface area (Å²) in [5.74, 6) is 0. The Morgan fingerprint density at radius 2 is 0.966 bits per heavy atom. The molecule has 0 unspecified atom stereocenters. The summed E-state index contributed by atoms with van der Waals surface area (Å²) >= 11 is 0. The largest absolute Gasteiger partial charge is 0.456 e. The van der Waals surface area contributed by atoms with Gasteiger partial charge in [-0.3, -0.25) is 9.11 Å². The van der Waals surface area contributed by atoms with Gasteiger partial charge >= 0.3 is 0 Å². The predicted molar refractivity (Wildman–Crippen MR) is 108 cm³/mol. The van der Waals surface area contributed by atoms with Crippen LogP contribution in [-0.4, -0.2) is 25.9 Å². The number of hydrogen-bond donors (Lipinski definition) is 2. The fraction of sp³-hybridized carbons (Fsp3) is 0. The Morgan fingerprint density at radius 3 is 1.34 bits per heavy atom. The van der Waals surface area contributed by atoms with E-state index in [1.54, 1.807) is 36.4 Å². The SMILES string of the molecule is O=S(=O)(O)c1ccc2cc3oc4cc5ccc(S(=O)(=O)O)cc5cc4c3cc2c1. The molecule has 1 heterocycles. The van der Waals surface area contributed by atoms with Crippen molar-refractivity contribution in [3.8, 4) is 0 Å². The van der Waals surface area contributed by atoms with Crippen LogP contribution in [0.3, 0.4) is 0 Å². The predicted octanol–water partition coefficient (Wildman–Crippen LogP) is 4.39. The average Bonchev–Trinajstić information content (AvgIpc) is 2.98. The number of furan rings is 1. The first kappa shape index (κ1) is 18.1. The van der Waals surface area contributed by atoms with Crippen LogP contribution in [0.15, 0.2) is 74.9 Å². The molecule has 0 aliphatic carbocycles. The maximum atomic E-state index is 11.4. The van der Waals surface area contributed by atoms with Crippen molar-refractivity contribution in [1.29, 1.82) is 0 Å². The van der Waals surface area contributed by atoms with Gasteiger partial charge in [0, 0.05) is 10.8 Å². The molecule has 0 spiro atoms. The van der Waals surface area contributed by atoms with Crippen LogP contribution in [0.2, 0.25) is 0 Å². The van der Waals surface area contributed by atoms with Gasteiger partial charge in [0.15, 0.2) is 0 Å². The first-order valence-corrected chi connectivity index (χ1v) is 11.3. The summed E-state index contributed by atoms with van der Waals surface area (Å²) in [6, 6.07) is 15.6. The molecule has 0 radical (unpaired) electrons. The Kier molecular flexibility index (Phi) is 3.60. The molecule has 0 aliphatic rings. The van der Waals surface area contributed by atoms with Crippen molar-refractivity contribution < 1.29 is 30.4 Å². The highest BCUT2D eigenvalue weighted by Crippen LogP contribution is 2.35. The van der Waals surface area contributed by atoms with Gasteiger partial charge in [-0.25, -0.2) is 0 Å². The van der Waals surface area contributed by atoms with Gasteiger partial charge in [-0.1, -0.05) is 12.1 Å². The quantitative estimate of drug-likeness (QED) is 0.400. The van der Waals surface area contributed by atoms with Crippen molar-refractivity contribution in [1.82, 2.24) is 0 Å². The summed E-state index contributed by atoms with van der Waals surface area (Å²) < 4.78 is 70.2. The number of fused-ring (bicyclic) bond motifs is 5. The molecule has 0 amide bonds. The first-order chi connectivity index (χ1) is 13.6. The number of rotatable bonds is 2. The molecule has 0 saturated heterocycles. The monoisotopic (exact) mass is 428 g/mol. The van der Waals surface area contributed by atoms with Crippen LogP contribution in [0, 0.1) is 0 Å². The zero-order valence-electron chi connectivity index (χ0n) is 14.5. The molecule has 4 aromatic carbocycles. The molecule has 0 aliphatic heterocycles. The third-order valence-corrected chi connectivity index (χ3v) is 6.63. The maximum absolute atomic E-state index is 11.4. The third-order valence-electron chi connectivity index (χ3n) is 4.93. The van der Waals surface area contributed by atoms with Gasteiger partial charge in [0.1, 0.15) is 11.2 Å². The van der Waals surface area contributed by atoms with E-state index in [1.165, 1.54) is 24.3 Å². The highest BCUT2D eigenvalue weighted by Gasteiger charge is 2.15.